The predicted molar refractivity (Wildman–Crippen MR) is 57.3 cm³/mol. The Hall–Kier alpha value is -1.25. The number of aromatic nitrogens is 1. The molecule has 3 heteroatoms. The van der Waals surface area contributed by atoms with Crippen LogP contribution in [0, 0.1) is 5.92 Å². The van der Waals surface area contributed by atoms with Gasteiger partial charge in [-0.1, -0.05) is 20.8 Å². The maximum absolute atomic E-state index is 11.5. The first-order valence-electron chi connectivity index (χ1n) is 5.09. The van der Waals surface area contributed by atoms with Gasteiger partial charge in [0.15, 0.2) is 0 Å². The SMILES string of the molecule is CCc1c[nH]c(C(=O)NCC(C)C)c1. The molecule has 1 heterocycles. The van der Waals surface area contributed by atoms with Gasteiger partial charge in [0.1, 0.15) is 5.69 Å². The van der Waals surface area contributed by atoms with E-state index in [2.05, 4.69) is 31.1 Å². The maximum atomic E-state index is 11.5. The highest BCUT2D eigenvalue weighted by Crippen LogP contribution is 2.03. The zero-order valence-electron chi connectivity index (χ0n) is 9.05. The highest BCUT2D eigenvalue weighted by Gasteiger charge is 2.07. The van der Waals surface area contributed by atoms with Crippen molar-refractivity contribution in [3.05, 3.63) is 23.5 Å². The lowest BCUT2D eigenvalue weighted by Crippen LogP contribution is -2.27. The van der Waals surface area contributed by atoms with Crippen LogP contribution in [0.1, 0.15) is 36.8 Å². The monoisotopic (exact) mass is 194 g/mol. The molecule has 0 radical (unpaired) electrons. The summed E-state index contributed by atoms with van der Waals surface area (Å²) in [6.45, 7) is 6.94. The molecule has 1 aromatic rings. The molecule has 1 rings (SSSR count). The standard InChI is InChI=1S/C11H18N2O/c1-4-9-5-10(12-7-9)11(14)13-6-8(2)3/h5,7-8,12H,4,6H2,1-3H3,(H,13,14). The Morgan fingerprint density at radius 3 is 2.79 bits per heavy atom. The molecule has 0 fully saturated rings. The summed E-state index contributed by atoms with van der Waals surface area (Å²) in [4.78, 5) is 14.5. The Balaban J connectivity index is 2.52. The van der Waals surface area contributed by atoms with Gasteiger partial charge in [0.25, 0.3) is 5.91 Å². The van der Waals surface area contributed by atoms with Crippen LogP contribution in [-0.2, 0) is 6.42 Å². The van der Waals surface area contributed by atoms with Crippen LogP contribution in [0.4, 0.5) is 0 Å². The third-order valence-corrected chi connectivity index (χ3v) is 2.07. The largest absolute Gasteiger partial charge is 0.357 e. The fourth-order valence-electron chi connectivity index (χ4n) is 1.17. The second kappa shape index (κ2) is 4.84. The van der Waals surface area contributed by atoms with Crippen LogP contribution in [0.3, 0.4) is 0 Å². The fraction of sp³-hybridized carbons (Fsp3) is 0.545. The summed E-state index contributed by atoms with van der Waals surface area (Å²) in [5.41, 5.74) is 1.82. The van der Waals surface area contributed by atoms with Crippen molar-refractivity contribution < 1.29 is 4.79 Å². The van der Waals surface area contributed by atoms with E-state index in [1.165, 1.54) is 5.56 Å². The molecular weight excluding hydrogens is 176 g/mol. The van der Waals surface area contributed by atoms with Crippen molar-refractivity contribution in [2.75, 3.05) is 6.54 Å². The van der Waals surface area contributed by atoms with Crippen molar-refractivity contribution in [2.45, 2.75) is 27.2 Å². The third-order valence-electron chi connectivity index (χ3n) is 2.07. The summed E-state index contributed by atoms with van der Waals surface area (Å²) in [5.74, 6) is 0.470. The lowest BCUT2D eigenvalue weighted by molar-refractivity contribution is 0.0944. The maximum Gasteiger partial charge on any atom is 0.267 e. The van der Waals surface area contributed by atoms with Gasteiger partial charge < -0.3 is 10.3 Å². The number of rotatable bonds is 4. The number of carbonyl (C=O) groups excluding carboxylic acids is 1. The Morgan fingerprint density at radius 1 is 1.57 bits per heavy atom. The highest BCUT2D eigenvalue weighted by atomic mass is 16.1. The molecule has 0 saturated heterocycles. The van der Waals surface area contributed by atoms with Crippen molar-refractivity contribution >= 4 is 5.91 Å². The van der Waals surface area contributed by atoms with Gasteiger partial charge in [0.05, 0.1) is 0 Å². The van der Waals surface area contributed by atoms with Gasteiger partial charge in [0, 0.05) is 12.7 Å². The molecule has 0 atom stereocenters. The zero-order chi connectivity index (χ0) is 10.6. The number of nitrogens with one attached hydrogen (secondary N) is 2. The number of amides is 1. The van der Waals surface area contributed by atoms with Crippen LogP contribution in [0.25, 0.3) is 0 Å². The van der Waals surface area contributed by atoms with Crippen molar-refractivity contribution in [1.82, 2.24) is 10.3 Å². The van der Waals surface area contributed by atoms with Crippen LogP contribution in [-0.4, -0.2) is 17.4 Å². The van der Waals surface area contributed by atoms with Crippen molar-refractivity contribution in [3.8, 4) is 0 Å². The molecule has 0 bridgehead atoms. The van der Waals surface area contributed by atoms with Crippen LogP contribution in [0.2, 0.25) is 0 Å². The fourth-order valence-corrected chi connectivity index (χ4v) is 1.17. The first-order chi connectivity index (χ1) is 6.63. The number of hydrogen-bond acceptors (Lipinski definition) is 1. The molecule has 14 heavy (non-hydrogen) atoms. The molecule has 0 saturated carbocycles. The summed E-state index contributed by atoms with van der Waals surface area (Å²) in [5, 5.41) is 2.87. The molecule has 3 nitrogen and oxygen atoms in total. The van der Waals surface area contributed by atoms with E-state index in [1.807, 2.05) is 12.3 Å². The predicted octanol–water partition coefficient (Wildman–Crippen LogP) is 1.96. The normalized spacial score (nSPS) is 10.6. The lowest BCUT2D eigenvalue weighted by Gasteiger charge is -2.05. The van der Waals surface area contributed by atoms with Gasteiger partial charge in [-0.2, -0.15) is 0 Å². The van der Waals surface area contributed by atoms with Gasteiger partial charge in [-0.15, -0.1) is 0 Å². The second-order valence-corrected chi connectivity index (χ2v) is 3.88. The van der Waals surface area contributed by atoms with Crippen LogP contribution in [0.15, 0.2) is 12.3 Å². The summed E-state index contributed by atoms with van der Waals surface area (Å²) >= 11 is 0. The van der Waals surface area contributed by atoms with E-state index >= 15 is 0 Å². The topological polar surface area (TPSA) is 44.9 Å². The number of aryl methyl sites for hydroxylation is 1. The molecule has 1 amide bonds. The summed E-state index contributed by atoms with van der Waals surface area (Å²) in [6, 6.07) is 1.90. The molecule has 0 spiro atoms. The van der Waals surface area contributed by atoms with E-state index in [4.69, 9.17) is 0 Å². The Bertz CT molecular complexity index is 302. The third kappa shape index (κ3) is 2.91. The number of aromatic amines is 1. The summed E-state index contributed by atoms with van der Waals surface area (Å²) in [7, 11) is 0. The van der Waals surface area contributed by atoms with E-state index in [1.54, 1.807) is 0 Å². The second-order valence-electron chi connectivity index (χ2n) is 3.88. The summed E-state index contributed by atoms with van der Waals surface area (Å²) in [6.07, 6.45) is 2.83. The van der Waals surface area contributed by atoms with Crippen molar-refractivity contribution in [3.63, 3.8) is 0 Å². The van der Waals surface area contributed by atoms with Gasteiger partial charge in [-0.3, -0.25) is 4.79 Å². The van der Waals surface area contributed by atoms with Crippen LogP contribution < -0.4 is 5.32 Å². The number of hydrogen-bond donors (Lipinski definition) is 2. The molecule has 0 unspecified atom stereocenters. The minimum absolute atomic E-state index is 0.0154. The van der Waals surface area contributed by atoms with E-state index in [0.717, 1.165) is 13.0 Å². The minimum Gasteiger partial charge on any atom is -0.357 e. The average Bonchev–Trinajstić information content (AvgIpc) is 2.62. The van der Waals surface area contributed by atoms with Gasteiger partial charge in [-0.05, 0) is 24.0 Å². The van der Waals surface area contributed by atoms with Gasteiger partial charge in [0.2, 0.25) is 0 Å². The molecule has 0 aromatic carbocycles. The molecule has 2 N–H and O–H groups in total. The highest BCUT2D eigenvalue weighted by molar-refractivity contribution is 5.92. The van der Waals surface area contributed by atoms with E-state index < -0.39 is 0 Å². The van der Waals surface area contributed by atoms with Crippen molar-refractivity contribution in [1.29, 1.82) is 0 Å². The molecule has 0 aliphatic rings. The Labute approximate surface area is 84.9 Å². The smallest absolute Gasteiger partial charge is 0.267 e. The Morgan fingerprint density at radius 2 is 2.29 bits per heavy atom. The van der Waals surface area contributed by atoms with Crippen LogP contribution in [0.5, 0.6) is 0 Å². The lowest BCUT2D eigenvalue weighted by atomic mass is 10.2. The van der Waals surface area contributed by atoms with Gasteiger partial charge >= 0.3 is 0 Å². The summed E-state index contributed by atoms with van der Waals surface area (Å²) < 4.78 is 0. The molecule has 78 valence electrons. The molecule has 0 aliphatic carbocycles. The number of carbonyl (C=O) groups is 1. The molecular formula is C11H18N2O. The quantitative estimate of drug-likeness (QED) is 0.756. The first kappa shape index (κ1) is 10.8. The van der Waals surface area contributed by atoms with Crippen LogP contribution >= 0.6 is 0 Å². The van der Waals surface area contributed by atoms with E-state index in [0.29, 0.717) is 11.6 Å². The molecule has 0 aliphatic heterocycles. The minimum atomic E-state index is -0.0154. The first-order valence-corrected chi connectivity index (χ1v) is 5.09. The van der Waals surface area contributed by atoms with Crippen molar-refractivity contribution in [2.24, 2.45) is 5.92 Å². The molecule has 1 aromatic heterocycles. The zero-order valence-corrected chi connectivity index (χ0v) is 9.05. The van der Waals surface area contributed by atoms with E-state index in [9.17, 15) is 4.79 Å². The van der Waals surface area contributed by atoms with Gasteiger partial charge in [-0.25, -0.2) is 0 Å². The van der Waals surface area contributed by atoms with E-state index in [-0.39, 0.29) is 5.91 Å². The average molecular weight is 194 g/mol. The Kier molecular flexibility index (Phi) is 3.74. The number of H-pyrrole nitrogens is 1.